The zero-order valence-corrected chi connectivity index (χ0v) is 59.3. The first-order valence-electron chi connectivity index (χ1n) is 32.6. The average molecular weight is 1390 g/mol. The van der Waals surface area contributed by atoms with E-state index in [1.54, 1.807) is 34.5 Å². The number of Topliss-reactive ketones (excluding diaryl/α,β-unsaturated/α-hetero) is 1. The molecule has 0 N–H and O–H groups in total. The van der Waals surface area contributed by atoms with E-state index in [-0.39, 0.29) is 41.1 Å². The van der Waals surface area contributed by atoms with Gasteiger partial charge in [0, 0.05) is 138 Å². The lowest BCUT2D eigenvalue weighted by molar-refractivity contribution is -0.137. The number of sulfonamides is 1. The van der Waals surface area contributed by atoms with Crippen LogP contribution >= 0.6 is 23.2 Å². The van der Waals surface area contributed by atoms with E-state index in [0.29, 0.717) is 78.9 Å². The summed E-state index contributed by atoms with van der Waals surface area (Å²) in [4.78, 5) is 66.8. The predicted octanol–water partition coefficient (Wildman–Crippen LogP) is 12.6. The molecule has 0 saturated carbocycles. The fourth-order valence-electron chi connectivity index (χ4n) is 14.6. The van der Waals surface area contributed by atoms with Crippen LogP contribution in [0, 0.1) is 13.8 Å². The number of pyridine rings is 4. The standard InChI is InChI=1S/C20H26N4O2.C19H19F3N4O2.C16H20ClN3O.C15H20ClN3O2S/c1-14-12-16-6-5-9-23(16)17(13-14)22-10-7-15(8-11-22)24-18(25)20(2,3)21(4)19(24)26;1-11-17(12(2)27)18(28-24-11)13-3-5-25(6-4-13)16-8-14(19(20,21)22)7-15-9-23-10-26(15)16;1-12(21)20-8-7-19(11-16(20,2)3)15-9-13(17)10-18-6-4-5-14(15)18;1-15(2)11-17(7-8-19(15)22(3,20)21)14-10-12(16)9-13-5-4-6-18(13)14/h5-6,9,12-13,15H,7-8,10-11H2,1-4H3;7-10,13H,3-6H2,1-2H3;4-6,9-10H,7-8,11H2,1-3H3;4-6,9-10H,7-8,11H2,1-3H3. The number of anilines is 4. The molecule has 14 rings (SSSR count). The van der Waals surface area contributed by atoms with E-state index in [0.717, 1.165) is 85.3 Å². The van der Waals surface area contributed by atoms with Crippen molar-refractivity contribution in [3.63, 3.8) is 0 Å². The summed E-state index contributed by atoms with van der Waals surface area (Å²) >= 11 is 12.5. The number of imide groups is 1. The Morgan fingerprint density at radius 1 is 0.670 bits per heavy atom. The maximum atomic E-state index is 13.3. The molecule has 0 radical (unpaired) electrons. The number of aryl methyl sites for hydroxylation is 2. The van der Waals surface area contributed by atoms with E-state index in [1.165, 1.54) is 47.5 Å². The second kappa shape index (κ2) is 26.9. The molecule has 97 heavy (non-hydrogen) atoms. The number of amides is 4. The topological polar surface area (TPSA) is 185 Å². The third-order valence-corrected chi connectivity index (χ3v) is 21.5. The van der Waals surface area contributed by atoms with Crippen molar-refractivity contribution in [2.45, 2.75) is 130 Å². The van der Waals surface area contributed by atoms with Gasteiger partial charge in [-0.15, -0.1) is 0 Å². The van der Waals surface area contributed by atoms with Crippen molar-refractivity contribution in [1.82, 2.24) is 46.7 Å². The second-order valence-corrected chi connectivity index (χ2v) is 30.5. The van der Waals surface area contributed by atoms with Crippen molar-refractivity contribution in [3.05, 3.63) is 154 Å². The number of rotatable bonds is 8. The molecule has 5 aliphatic heterocycles. The number of hydrogen-bond donors (Lipinski definition) is 0. The first-order chi connectivity index (χ1) is 45.6. The molecule has 5 fully saturated rings. The van der Waals surface area contributed by atoms with Gasteiger partial charge in [0.05, 0.1) is 56.6 Å². The quantitative estimate of drug-likeness (QED) is 0.103. The number of urea groups is 1. The van der Waals surface area contributed by atoms with Gasteiger partial charge in [0.15, 0.2) is 11.5 Å². The number of imidazole rings is 1. The molecule has 14 heterocycles. The number of halogens is 5. The maximum absolute atomic E-state index is 13.3. The minimum Gasteiger partial charge on any atom is -0.366 e. The van der Waals surface area contributed by atoms with E-state index in [9.17, 15) is 40.8 Å². The van der Waals surface area contributed by atoms with Gasteiger partial charge in [-0.2, -0.15) is 17.5 Å². The summed E-state index contributed by atoms with van der Waals surface area (Å²) in [6, 6.07) is 24.6. The van der Waals surface area contributed by atoms with Crippen LogP contribution in [0.25, 0.3) is 22.1 Å². The molecular weight excluding hydrogens is 1310 g/mol. The number of carbonyl (C=O) groups excluding carboxylic acids is 4. The molecule has 9 aromatic rings. The zero-order chi connectivity index (χ0) is 70.0. The molecule has 0 unspecified atom stereocenters. The Morgan fingerprint density at radius 3 is 1.86 bits per heavy atom. The van der Waals surface area contributed by atoms with Crippen molar-refractivity contribution in [2.75, 3.05) is 98.4 Å². The lowest BCUT2D eigenvalue weighted by atomic mass is 9.90. The molecule has 0 aromatic carbocycles. The molecular formula is C70H85Cl2F3N14O7S. The number of likely N-dealkylation sites (N-methyl/N-ethyl adjacent to an activating group) is 1. The maximum Gasteiger partial charge on any atom is 0.416 e. The minimum absolute atomic E-state index is 0.0135. The van der Waals surface area contributed by atoms with Crippen molar-refractivity contribution >= 4 is 102 Å². The highest BCUT2D eigenvalue weighted by Crippen LogP contribution is 2.39. The first-order valence-corrected chi connectivity index (χ1v) is 35.2. The van der Waals surface area contributed by atoms with Crippen molar-refractivity contribution in [2.24, 2.45) is 0 Å². The van der Waals surface area contributed by atoms with Crippen LogP contribution < -0.4 is 19.6 Å². The Bertz CT molecular complexity index is 4560. The van der Waals surface area contributed by atoms with Gasteiger partial charge >= 0.3 is 12.2 Å². The third kappa shape index (κ3) is 14.3. The highest BCUT2D eigenvalue weighted by Gasteiger charge is 2.52. The summed E-state index contributed by atoms with van der Waals surface area (Å²) in [5, 5.41) is 5.32. The first kappa shape index (κ1) is 70.1. The molecule has 5 aliphatic rings. The summed E-state index contributed by atoms with van der Waals surface area (Å²) in [7, 11) is -1.49. The molecule has 5 saturated heterocycles. The molecule has 0 atom stereocenters. The molecule has 0 aliphatic carbocycles. The molecule has 4 amide bonds. The van der Waals surface area contributed by atoms with Gasteiger partial charge < -0.3 is 47.1 Å². The monoisotopic (exact) mass is 1390 g/mol. The smallest absolute Gasteiger partial charge is 0.366 e. The lowest BCUT2D eigenvalue weighted by Gasteiger charge is -2.47. The molecule has 9 aromatic heterocycles. The Labute approximate surface area is 573 Å². The predicted molar refractivity (Wildman–Crippen MR) is 373 cm³/mol. The van der Waals surface area contributed by atoms with E-state index in [2.05, 4.69) is 90.9 Å². The SMILES string of the molecule is CC(=O)N1CCN(c2cc(Cl)cn3cccc23)CC1(C)C.CC(=O)c1c(C)noc1C1CCN(c2cc(C(F)(F)F)cc3cncn23)CC1.CC1(C)CN(c2cc(Cl)cc3cccn23)CCN1S(C)(=O)=O.Cc1cc(N2CCC(N3C(=O)N(C)C(C)(C)C3=O)CC2)n2cccc2c1. The molecule has 518 valence electrons. The number of carbonyl (C=O) groups is 4. The number of alkyl halides is 3. The van der Waals surface area contributed by atoms with Gasteiger partial charge in [0.1, 0.15) is 29.3 Å². The number of aromatic nitrogens is 6. The highest BCUT2D eigenvalue weighted by atomic mass is 35.5. The van der Waals surface area contributed by atoms with Crippen LogP contribution in [-0.2, 0) is 25.8 Å². The summed E-state index contributed by atoms with van der Waals surface area (Å²) in [5.74, 6) is 3.21. The molecule has 0 bridgehead atoms. The number of piperidine rings is 2. The molecule has 27 heteroatoms. The number of ketones is 1. The third-order valence-electron chi connectivity index (χ3n) is 19.6. The van der Waals surface area contributed by atoms with E-state index < -0.39 is 32.8 Å². The summed E-state index contributed by atoms with van der Waals surface area (Å²) in [6.45, 7) is 25.6. The number of piperazine rings is 2. The molecule has 0 spiro atoms. The van der Waals surface area contributed by atoms with Crippen LogP contribution in [0.15, 0.2) is 121 Å². The Balaban J connectivity index is 0.000000132. The van der Waals surface area contributed by atoms with Crippen LogP contribution in [0.1, 0.15) is 120 Å². The fourth-order valence-corrected chi connectivity index (χ4v) is 16.4. The number of nitrogens with zero attached hydrogens (tertiary/aromatic N) is 14. The van der Waals surface area contributed by atoms with Gasteiger partial charge in [-0.05, 0) is 172 Å². The Kier molecular flexibility index (Phi) is 19.4. The van der Waals surface area contributed by atoms with Crippen molar-refractivity contribution in [3.8, 4) is 0 Å². The minimum atomic E-state index is -4.42. The van der Waals surface area contributed by atoms with Gasteiger partial charge in [-0.1, -0.05) is 28.4 Å². The summed E-state index contributed by atoms with van der Waals surface area (Å²) < 4.78 is 78.7. The van der Waals surface area contributed by atoms with Crippen LogP contribution in [0.2, 0.25) is 10.0 Å². The second-order valence-electron chi connectivity index (χ2n) is 27.8. The number of fused-ring (bicyclic) bond motifs is 4. The van der Waals surface area contributed by atoms with E-state index in [1.807, 2.05) is 96.9 Å². The van der Waals surface area contributed by atoms with Gasteiger partial charge in [0.25, 0.3) is 5.91 Å². The zero-order valence-electron chi connectivity index (χ0n) is 56.9. The van der Waals surface area contributed by atoms with Crippen LogP contribution in [0.4, 0.5) is 41.1 Å². The van der Waals surface area contributed by atoms with Crippen molar-refractivity contribution in [1.29, 1.82) is 0 Å². The highest BCUT2D eigenvalue weighted by molar-refractivity contribution is 7.88. The van der Waals surface area contributed by atoms with Gasteiger partial charge in [0.2, 0.25) is 15.9 Å². The lowest BCUT2D eigenvalue weighted by Crippen LogP contribution is -2.61. The Hall–Kier alpha value is -8.26. The summed E-state index contributed by atoms with van der Waals surface area (Å²) in [5.41, 5.74) is 5.14. The molecule has 21 nitrogen and oxygen atoms in total. The average Bonchev–Trinajstić information content (AvgIpc) is 1.03. The van der Waals surface area contributed by atoms with Crippen LogP contribution in [-0.4, -0.2) is 180 Å². The Morgan fingerprint density at radius 2 is 1.27 bits per heavy atom. The summed E-state index contributed by atoms with van der Waals surface area (Å²) in [6.07, 6.45) is 10.7. The number of hydrogen-bond acceptors (Lipinski definition) is 13. The fraction of sp³-hybridized carbons (Fsp3) is 0.457. The van der Waals surface area contributed by atoms with Gasteiger partial charge in [-0.3, -0.25) is 23.7 Å². The van der Waals surface area contributed by atoms with E-state index >= 15 is 0 Å². The van der Waals surface area contributed by atoms with Gasteiger partial charge in [-0.25, -0.2) is 18.2 Å². The normalized spacial score (nSPS) is 18.8. The van der Waals surface area contributed by atoms with Crippen LogP contribution in [0.3, 0.4) is 0 Å². The largest absolute Gasteiger partial charge is 0.416 e. The van der Waals surface area contributed by atoms with Crippen molar-refractivity contribution < 1.29 is 45.3 Å². The van der Waals surface area contributed by atoms with E-state index in [4.69, 9.17) is 27.7 Å². The van der Waals surface area contributed by atoms with Crippen LogP contribution in [0.5, 0.6) is 0 Å².